The number of hydrogen-bond donors (Lipinski definition) is 0. The van der Waals surface area contributed by atoms with Gasteiger partial charge in [0.15, 0.2) is 0 Å². The number of halogens is 3. The Labute approximate surface area is 89.8 Å². The van der Waals surface area contributed by atoms with Gasteiger partial charge in [0.2, 0.25) is 0 Å². The Morgan fingerprint density at radius 2 is 2.00 bits per heavy atom. The highest BCUT2D eigenvalue weighted by atomic mass is 32.2. The molecular weight excluding hydrogens is 225 g/mol. The summed E-state index contributed by atoms with van der Waals surface area (Å²) < 4.78 is 39.6. The zero-order valence-electron chi connectivity index (χ0n) is 8.43. The molecule has 0 atom stereocenters. The minimum atomic E-state index is -4.30. The summed E-state index contributed by atoms with van der Waals surface area (Å²) in [6, 6.07) is -0.253. The third kappa shape index (κ3) is 1.75. The first-order chi connectivity index (χ1) is 6.91. The molecule has 1 aliphatic heterocycles. The minimum Gasteiger partial charge on any atom is -0.257 e. The van der Waals surface area contributed by atoms with Crippen molar-refractivity contribution in [3.8, 4) is 0 Å². The van der Waals surface area contributed by atoms with Gasteiger partial charge in [-0.15, -0.1) is 0 Å². The van der Waals surface area contributed by atoms with Crippen molar-refractivity contribution in [1.29, 1.82) is 0 Å². The highest BCUT2D eigenvalue weighted by molar-refractivity contribution is 7.98. The Bertz CT molecular complexity index is 381. The maximum atomic E-state index is 12.8. The van der Waals surface area contributed by atoms with Crippen LogP contribution in [0.3, 0.4) is 0 Å². The van der Waals surface area contributed by atoms with Crippen molar-refractivity contribution in [1.82, 2.24) is 9.78 Å². The SMILES string of the molecule is CC(C)n1nc2c(c1C(F)(F)F)CSC2. The van der Waals surface area contributed by atoms with Crippen LogP contribution in [0.2, 0.25) is 0 Å². The summed E-state index contributed by atoms with van der Waals surface area (Å²) in [5, 5.41) is 4.03. The van der Waals surface area contributed by atoms with E-state index in [4.69, 9.17) is 0 Å². The molecule has 2 rings (SSSR count). The molecule has 2 nitrogen and oxygen atoms in total. The average molecular weight is 236 g/mol. The second-order valence-corrected chi connectivity index (χ2v) is 4.79. The summed E-state index contributed by atoms with van der Waals surface area (Å²) in [5.41, 5.74) is 0.416. The number of aromatic nitrogens is 2. The van der Waals surface area contributed by atoms with Crippen LogP contribution >= 0.6 is 11.8 Å². The molecule has 15 heavy (non-hydrogen) atoms. The zero-order chi connectivity index (χ0) is 11.2. The van der Waals surface area contributed by atoms with E-state index in [-0.39, 0.29) is 6.04 Å². The van der Waals surface area contributed by atoms with Crippen LogP contribution in [-0.2, 0) is 17.7 Å². The molecule has 0 aromatic carbocycles. The number of alkyl halides is 3. The minimum absolute atomic E-state index is 0.253. The maximum absolute atomic E-state index is 12.8. The third-order valence-corrected chi connectivity index (χ3v) is 3.30. The van der Waals surface area contributed by atoms with Crippen LogP contribution in [0.1, 0.15) is 36.8 Å². The Balaban J connectivity index is 2.58. The lowest BCUT2D eigenvalue weighted by Gasteiger charge is -2.14. The first kappa shape index (κ1) is 10.9. The molecule has 1 aliphatic rings. The van der Waals surface area contributed by atoms with Crippen molar-refractivity contribution >= 4 is 11.8 Å². The highest BCUT2D eigenvalue weighted by Crippen LogP contribution is 2.40. The van der Waals surface area contributed by atoms with E-state index in [1.54, 1.807) is 13.8 Å². The zero-order valence-corrected chi connectivity index (χ0v) is 9.24. The van der Waals surface area contributed by atoms with Gasteiger partial charge >= 0.3 is 6.18 Å². The van der Waals surface area contributed by atoms with Crippen LogP contribution in [0.15, 0.2) is 0 Å². The summed E-state index contributed by atoms with van der Waals surface area (Å²) in [6.45, 7) is 3.43. The average Bonchev–Trinajstić information content (AvgIpc) is 2.56. The van der Waals surface area contributed by atoms with Gasteiger partial charge < -0.3 is 0 Å². The summed E-state index contributed by atoms with van der Waals surface area (Å²) >= 11 is 1.48. The van der Waals surface area contributed by atoms with Crippen molar-refractivity contribution in [3.05, 3.63) is 17.0 Å². The lowest BCUT2D eigenvalue weighted by molar-refractivity contribution is -0.145. The molecule has 1 aromatic rings. The summed E-state index contributed by atoms with van der Waals surface area (Å²) in [5.74, 6) is 1.02. The van der Waals surface area contributed by atoms with Crippen LogP contribution in [-0.4, -0.2) is 9.78 Å². The van der Waals surface area contributed by atoms with Crippen molar-refractivity contribution in [2.75, 3.05) is 0 Å². The smallest absolute Gasteiger partial charge is 0.257 e. The first-order valence-corrected chi connectivity index (χ1v) is 5.82. The molecule has 0 N–H and O–H groups in total. The summed E-state index contributed by atoms with van der Waals surface area (Å²) in [6.07, 6.45) is -4.30. The highest BCUT2D eigenvalue weighted by Gasteiger charge is 2.41. The van der Waals surface area contributed by atoms with Gasteiger partial charge in [-0.2, -0.15) is 30.0 Å². The summed E-state index contributed by atoms with van der Waals surface area (Å²) in [4.78, 5) is 0. The Morgan fingerprint density at radius 1 is 1.33 bits per heavy atom. The van der Waals surface area contributed by atoms with E-state index in [2.05, 4.69) is 5.10 Å². The van der Waals surface area contributed by atoms with Gasteiger partial charge in [-0.3, -0.25) is 4.68 Å². The van der Waals surface area contributed by atoms with Crippen LogP contribution in [0.25, 0.3) is 0 Å². The lowest BCUT2D eigenvalue weighted by Crippen LogP contribution is -2.17. The van der Waals surface area contributed by atoms with Gasteiger partial charge in [0.1, 0.15) is 5.69 Å². The van der Waals surface area contributed by atoms with Gasteiger partial charge in [0.25, 0.3) is 0 Å². The number of rotatable bonds is 1. The molecule has 0 bridgehead atoms. The topological polar surface area (TPSA) is 17.8 Å². The van der Waals surface area contributed by atoms with Crippen molar-refractivity contribution in [3.63, 3.8) is 0 Å². The molecule has 0 amide bonds. The normalized spacial score (nSPS) is 16.1. The molecule has 1 aromatic heterocycles. The molecule has 0 saturated carbocycles. The standard InChI is InChI=1S/C9H11F3N2S/c1-5(2)14-8(9(10,11)12)6-3-15-4-7(6)13-14/h5H,3-4H2,1-2H3. The molecule has 6 heteroatoms. The Morgan fingerprint density at radius 3 is 2.53 bits per heavy atom. The largest absolute Gasteiger partial charge is 0.433 e. The molecule has 2 heterocycles. The molecular formula is C9H11F3N2S. The number of hydrogen-bond acceptors (Lipinski definition) is 2. The van der Waals surface area contributed by atoms with Crippen LogP contribution in [0.4, 0.5) is 13.2 Å². The van der Waals surface area contributed by atoms with Crippen LogP contribution < -0.4 is 0 Å². The first-order valence-electron chi connectivity index (χ1n) is 4.66. The number of fused-ring (bicyclic) bond motifs is 1. The van der Waals surface area contributed by atoms with Gasteiger partial charge in [-0.05, 0) is 13.8 Å². The fourth-order valence-electron chi connectivity index (χ4n) is 1.71. The van der Waals surface area contributed by atoms with Crippen molar-refractivity contribution < 1.29 is 13.2 Å². The van der Waals surface area contributed by atoms with Gasteiger partial charge in [0.05, 0.1) is 5.69 Å². The fraction of sp³-hybridized carbons (Fsp3) is 0.667. The molecule has 84 valence electrons. The van der Waals surface area contributed by atoms with E-state index < -0.39 is 11.9 Å². The number of thioether (sulfide) groups is 1. The van der Waals surface area contributed by atoms with Crippen molar-refractivity contribution in [2.24, 2.45) is 0 Å². The predicted molar refractivity (Wildman–Crippen MR) is 52.6 cm³/mol. The lowest BCUT2D eigenvalue weighted by atomic mass is 10.2. The predicted octanol–water partition coefficient (Wildman–Crippen LogP) is 3.23. The molecule has 0 radical (unpaired) electrons. The quantitative estimate of drug-likeness (QED) is 0.745. The number of nitrogens with zero attached hydrogens (tertiary/aromatic N) is 2. The van der Waals surface area contributed by atoms with E-state index in [9.17, 15) is 13.2 Å². The van der Waals surface area contributed by atoms with E-state index in [1.165, 1.54) is 11.8 Å². The maximum Gasteiger partial charge on any atom is 0.433 e. The van der Waals surface area contributed by atoms with E-state index >= 15 is 0 Å². The third-order valence-electron chi connectivity index (χ3n) is 2.33. The van der Waals surface area contributed by atoms with Crippen molar-refractivity contribution in [2.45, 2.75) is 37.6 Å². The Hall–Kier alpha value is -0.650. The van der Waals surface area contributed by atoms with Crippen LogP contribution in [0.5, 0.6) is 0 Å². The van der Waals surface area contributed by atoms with E-state index in [0.29, 0.717) is 22.8 Å². The summed E-state index contributed by atoms with van der Waals surface area (Å²) in [7, 11) is 0. The molecule has 0 saturated heterocycles. The van der Waals surface area contributed by atoms with E-state index in [1.807, 2.05) is 0 Å². The molecule has 0 spiro atoms. The second kappa shape index (κ2) is 3.43. The molecule has 0 fully saturated rings. The second-order valence-electron chi connectivity index (χ2n) is 3.80. The monoisotopic (exact) mass is 236 g/mol. The fourth-order valence-corrected chi connectivity index (χ4v) is 2.74. The Kier molecular flexibility index (Phi) is 2.48. The van der Waals surface area contributed by atoms with Gasteiger partial charge in [0, 0.05) is 23.1 Å². The van der Waals surface area contributed by atoms with Crippen LogP contribution in [0, 0.1) is 0 Å². The molecule has 0 aliphatic carbocycles. The van der Waals surface area contributed by atoms with Gasteiger partial charge in [-0.1, -0.05) is 0 Å². The van der Waals surface area contributed by atoms with E-state index in [0.717, 1.165) is 4.68 Å². The molecule has 0 unspecified atom stereocenters. The van der Waals surface area contributed by atoms with Gasteiger partial charge in [-0.25, -0.2) is 0 Å².